The average Bonchev–Trinajstić information content (AvgIpc) is 3.92. The molecule has 11 aromatic rings. The predicted molar refractivity (Wildman–Crippen MR) is 253 cm³/mol. The topological polar surface area (TPSA) is 65.0 Å². The molecule has 0 saturated heterocycles. The molecule has 12 rings (SSSR count). The Bertz CT molecular complexity index is 3330. The first-order valence-electron chi connectivity index (χ1n) is 21.1. The zero-order valence-corrected chi connectivity index (χ0v) is 33.6. The van der Waals surface area contributed by atoms with Gasteiger partial charge in [0.2, 0.25) is 0 Å². The molecule has 0 fully saturated rings. The molecule has 0 unspecified atom stereocenters. The Balaban J connectivity index is 1.04. The van der Waals surface area contributed by atoms with Gasteiger partial charge in [0, 0.05) is 32.7 Å². The molecule has 5 nitrogen and oxygen atoms in total. The van der Waals surface area contributed by atoms with E-state index in [1.54, 1.807) is 0 Å². The van der Waals surface area contributed by atoms with Crippen molar-refractivity contribution in [2.75, 3.05) is 0 Å². The van der Waals surface area contributed by atoms with Gasteiger partial charge in [-0.3, -0.25) is 0 Å². The summed E-state index contributed by atoms with van der Waals surface area (Å²) in [6.45, 7) is 0. The molecule has 0 radical (unpaired) electrons. The Labute approximate surface area is 358 Å². The van der Waals surface area contributed by atoms with E-state index in [1.807, 2.05) is 24.3 Å². The molecule has 1 aliphatic rings. The Kier molecular flexibility index (Phi) is 8.56. The highest BCUT2D eigenvalue weighted by molar-refractivity contribution is 6.16. The number of allylic oxidation sites excluding steroid dienone is 4. The van der Waals surface area contributed by atoms with Crippen LogP contribution in [0.15, 0.2) is 209 Å². The van der Waals surface area contributed by atoms with Crippen molar-refractivity contribution in [3.63, 3.8) is 0 Å². The van der Waals surface area contributed by atoms with Crippen LogP contribution in [-0.4, -0.2) is 15.0 Å². The van der Waals surface area contributed by atoms with Gasteiger partial charge in [0.1, 0.15) is 22.3 Å². The minimum atomic E-state index is 0.605. The van der Waals surface area contributed by atoms with Crippen LogP contribution in [0, 0.1) is 0 Å². The van der Waals surface area contributed by atoms with Crippen LogP contribution in [0.4, 0.5) is 0 Å². The van der Waals surface area contributed by atoms with Crippen molar-refractivity contribution in [1.82, 2.24) is 15.0 Å². The molecule has 0 saturated carbocycles. The Morgan fingerprint density at radius 3 is 1.23 bits per heavy atom. The summed E-state index contributed by atoms with van der Waals surface area (Å²) in [6, 6.07) is 63.5. The lowest BCUT2D eigenvalue weighted by Gasteiger charge is -2.12. The summed E-state index contributed by atoms with van der Waals surface area (Å²) >= 11 is 0. The Morgan fingerprint density at radius 1 is 0.355 bits per heavy atom. The van der Waals surface area contributed by atoms with Gasteiger partial charge in [-0.25, -0.2) is 15.0 Å². The van der Waals surface area contributed by atoms with Crippen LogP contribution < -0.4 is 0 Å². The van der Waals surface area contributed by atoms with Crippen LogP contribution in [0.3, 0.4) is 0 Å². The normalized spacial score (nSPS) is 12.7. The van der Waals surface area contributed by atoms with Gasteiger partial charge in [0.05, 0.1) is 0 Å². The molecule has 0 bridgehead atoms. The van der Waals surface area contributed by atoms with E-state index in [9.17, 15) is 0 Å². The third-order valence-electron chi connectivity index (χ3n) is 12.0. The fourth-order valence-electron chi connectivity index (χ4n) is 8.94. The number of furan rings is 2. The molecule has 3 heterocycles. The van der Waals surface area contributed by atoms with Gasteiger partial charge in [-0.15, -0.1) is 0 Å². The smallest absolute Gasteiger partial charge is 0.164 e. The van der Waals surface area contributed by atoms with E-state index in [0.29, 0.717) is 17.5 Å². The van der Waals surface area contributed by atoms with Crippen LogP contribution in [0.25, 0.3) is 117 Å². The standard InChI is InChI=1S/C57H37N3O2/c1-6-16-36(17-7-1)43-32-45(38-20-10-3-11-21-38)53-47-30-41(26-28-49(47)61-51(53)34-43)56-58-55(40-24-14-5-15-25-40)59-57(60-56)42-27-29-50-48(31-42)54-46(39-22-12-4-13-23-39)33-44(35-52(54)62-50)37-18-8-2-9-19-37/h1-14,16-24,26-35H,15,25H2. The van der Waals surface area contributed by atoms with Gasteiger partial charge in [-0.1, -0.05) is 140 Å². The summed E-state index contributed by atoms with van der Waals surface area (Å²) in [4.78, 5) is 15.6. The van der Waals surface area contributed by atoms with Crippen LogP contribution in [0.2, 0.25) is 0 Å². The molecule has 62 heavy (non-hydrogen) atoms. The number of fused-ring (bicyclic) bond motifs is 6. The van der Waals surface area contributed by atoms with Crippen molar-refractivity contribution < 1.29 is 8.83 Å². The maximum Gasteiger partial charge on any atom is 0.164 e. The lowest BCUT2D eigenvalue weighted by atomic mass is 9.94. The van der Waals surface area contributed by atoms with Gasteiger partial charge < -0.3 is 8.83 Å². The second-order valence-corrected chi connectivity index (χ2v) is 15.8. The third kappa shape index (κ3) is 6.30. The number of nitrogens with zero attached hydrogens (tertiary/aromatic N) is 3. The van der Waals surface area contributed by atoms with E-state index in [1.165, 1.54) is 0 Å². The monoisotopic (exact) mass is 795 g/mol. The summed E-state index contributed by atoms with van der Waals surface area (Å²) < 4.78 is 13.3. The molecule has 0 spiro atoms. The molecule has 0 amide bonds. The maximum absolute atomic E-state index is 6.64. The first kappa shape index (κ1) is 35.8. The van der Waals surface area contributed by atoms with Crippen LogP contribution >= 0.6 is 0 Å². The number of hydrogen-bond acceptors (Lipinski definition) is 5. The first-order chi connectivity index (χ1) is 30.7. The molecular weight excluding hydrogens is 759 g/mol. The third-order valence-corrected chi connectivity index (χ3v) is 12.0. The summed E-state index contributed by atoms with van der Waals surface area (Å²) in [5, 5.41) is 4.14. The summed E-state index contributed by atoms with van der Waals surface area (Å²) in [5.41, 5.74) is 15.1. The van der Waals surface area contributed by atoms with Crippen molar-refractivity contribution in [2.24, 2.45) is 0 Å². The van der Waals surface area contributed by atoms with E-state index in [-0.39, 0.29) is 0 Å². The molecule has 5 heteroatoms. The minimum Gasteiger partial charge on any atom is -0.456 e. The van der Waals surface area contributed by atoms with Gasteiger partial charge in [-0.2, -0.15) is 0 Å². The van der Waals surface area contributed by atoms with Gasteiger partial charge in [0.25, 0.3) is 0 Å². The van der Waals surface area contributed by atoms with Crippen LogP contribution in [-0.2, 0) is 0 Å². The largest absolute Gasteiger partial charge is 0.456 e. The fourth-order valence-corrected chi connectivity index (χ4v) is 8.94. The Hall–Kier alpha value is -8.15. The van der Waals surface area contributed by atoms with Crippen molar-refractivity contribution in [3.8, 4) is 67.3 Å². The summed E-state index contributed by atoms with van der Waals surface area (Å²) in [6.07, 6.45) is 8.19. The number of rotatable bonds is 7. The van der Waals surface area contributed by atoms with Gasteiger partial charge >= 0.3 is 0 Å². The number of benzene rings is 8. The highest BCUT2D eigenvalue weighted by Crippen LogP contribution is 2.43. The van der Waals surface area contributed by atoms with Gasteiger partial charge in [0.15, 0.2) is 17.5 Å². The number of hydrogen-bond donors (Lipinski definition) is 0. The molecular formula is C57H37N3O2. The quantitative estimate of drug-likeness (QED) is 0.161. The second kappa shape index (κ2) is 14.8. The first-order valence-corrected chi connectivity index (χ1v) is 21.1. The molecule has 0 aliphatic heterocycles. The van der Waals surface area contributed by atoms with E-state index in [0.717, 1.165) is 118 Å². The summed E-state index contributed by atoms with van der Waals surface area (Å²) in [7, 11) is 0. The van der Waals surface area contributed by atoms with E-state index < -0.39 is 0 Å². The maximum atomic E-state index is 6.64. The predicted octanol–water partition coefficient (Wildman–Crippen LogP) is 15.4. The molecule has 8 aromatic carbocycles. The van der Waals surface area contributed by atoms with E-state index in [2.05, 4.69) is 176 Å². The SMILES string of the molecule is C1=CCCC(c2nc(-c3ccc4oc5cc(-c6ccccc6)cc(-c6ccccc6)c5c4c3)nc(-c3ccc4oc5cc(-c6ccccc6)cc(-c6ccccc6)c5c4c3)n2)=C1. The summed E-state index contributed by atoms with van der Waals surface area (Å²) in [5.74, 6) is 1.89. The minimum absolute atomic E-state index is 0.605. The lowest BCUT2D eigenvalue weighted by molar-refractivity contribution is 0.669. The zero-order chi connectivity index (χ0) is 41.0. The molecule has 3 aromatic heterocycles. The molecule has 0 N–H and O–H groups in total. The molecule has 0 atom stereocenters. The number of aromatic nitrogens is 3. The molecule has 292 valence electrons. The van der Waals surface area contributed by atoms with Gasteiger partial charge in [-0.05, 0) is 124 Å². The van der Waals surface area contributed by atoms with Crippen molar-refractivity contribution in [1.29, 1.82) is 0 Å². The highest BCUT2D eigenvalue weighted by atomic mass is 16.3. The van der Waals surface area contributed by atoms with Crippen molar-refractivity contribution in [2.45, 2.75) is 12.8 Å². The van der Waals surface area contributed by atoms with Crippen molar-refractivity contribution >= 4 is 49.5 Å². The zero-order valence-electron chi connectivity index (χ0n) is 33.6. The van der Waals surface area contributed by atoms with Crippen molar-refractivity contribution in [3.05, 3.63) is 206 Å². The second-order valence-electron chi connectivity index (χ2n) is 15.8. The fraction of sp³-hybridized carbons (Fsp3) is 0.0351. The Morgan fingerprint density at radius 2 is 0.790 bits per heavy atom. The van der Waals surface area contributed by atoms with E-state index >= 15 is 0 Å². The lowest BCUT2D eigenvalue weighted by Crippen LogP contribution is -2.03. The van der Waals surface area contributed by atoms with Crippen LogP contribution in [0.1, 0.15) is 18.7 Å². The average molecular weight is 796 g/mol. The highest BCUT2D eigenvalue weighted by Gasteiger charge is 2.21. The molecule has 1 aliphatic carbocycles. The van der Waals surface area contributed by atoms with Crippen LogP contribution in [0.5, 0.6) is 0 Å². The van der Waals surface area contributed by atoms with E-state index in [4.69, 9.17) is 23.8 Å².